The summed E-state index contributed by atoms with van der Waals surface area (Å²) in [6.45, 7) is 16.6. The quantitative estimate of drug-likeness (QED) is 0.326. The van der Waals surface area contributed by atoms with E-state index in [0.717, 1.165) is 33.2 Å². The molecule has 3 aromatic rings. The number of aryl methyl sites for hydroxylation is 2. The standard InChI is InChI=1S/C27H31N7/c1-7-19-12-21(32-14-20(19)8-2)15-33-25(29-5)13-26(30-6)34-16-24-17(3)11-23-22(18(24)4)9-10-31-27(23)28/h7-14,33H,1-2,5,15-16H2,3-4,6H3,(H2,28,31)(H,30,34)/b25-13+. The molecule has 0 bridgehead atoms. The average Bonchev–Trinajstić information content (AvgIpc) is 2.85. The lowest BCUT2D eigenvalue weighted by molar-refractivity contribution is 0.778. The molecule has 4 N–H and O–H groups in total. The number of anilines is 1. The number of rotatable bonds is 9. The molecule has 0 unspecified atom stereocenters. The van der Waals surface area contributed by atoms with E-state index < -0.39 is 0 Å². The van der Waals surface area contributed by atoms with Gasteiger partial charge in [-0.1, -0.05) is 25.3 Å². The molecule has 174 valence electrons. The zero-order valence-corrected chi connectivity index (χ0v) is 20.0. The third kappa shape index (κ3) is 5.38. The first-order chi connectivity index (χ1) is 16.4. The molecule has 3 rings (SSSR count). The summed E-state index contributed by atoms with van der Waals surface area (Å²) in [6.07, 6.45) is 8.90. The summed E-state index contributed by atoms with van der Waals surface area (Å²) < 4.78 is 0. The number of aliphatic imine (C=N–C) groups is 2. The van der Waals surface area contributed by atoms with Crippen LogP contribution in [-0.2, 0) is 13.1 Å². The lowest BCUT2D eigenvalue weighted by Crippen LogP contribution is -2.24. The second kappa shape index (κ2) is 11.0. The molecule has 0 saturated carbocycles. The van der Waals surface area contributed by atoms with Gasteiger partial charge < -0.3 is 16.4 Å². The van der Waals surface area contributed by atoms with Gasteiger partial charge in [-0.15, -0.1) is 0 Å². The van der Waals surface area contributed by atoms with Crippen LogP contribution in [0.1, 0.15) is 33.5 Å². The number of aromatic nitrogens is 2. The molecule has 1 aromatic carbocycles. The fourth-order valence-electron chi connectivity index (χ4n) is 3.81. The number of hydrogen-bond donors (Lipinski definition) is 3. The Bertz CT molecular complexity index is 1300. The average molecular weight is 454 g/mol. The van der Waals surface area contributed by atoms with Crippen molar-refractivity contribution in [3.63, 3.8) is 0 Å². The maximum absolute atomic E-state index is 6.07. The zero-order valence-electron chi connectivity index (χ0n) is 20.0. The van der Waals surface area contributed by atoms with Crippen LogP contribution in [-0.4, -0.2) is 29.6 Å². The van der Waals surface area contributed by atoms with Crippen molar-refractivity contribution >= 4 is 41.3 Å². The van der Waals surface area contributed by atoms with E-state index in [2.05, 4.69) is 70.4 Å². The van der Waals surface area contributed by atoms with Crippen LogP contribution in [0.25, 0.3) is 22.9 Å². The van der Waals surface area contributed by atoms with E-state index in [1.165, 1.54) is 11.1 Å². The van der Waals surface area contributed by atoms with Crippen molar-refractivity contribution in [1.29, 1.82) is 0 Å². The van der Waals surface area contributed by atoms with Crippen molar-refractivity contribution in [1.82, 2.24) is 20.6 Å². The topological polar surface area (TPSA) is 101 Å². The maximum atomic E-state index is 6.07. The molecule has 7 heteroatoms. The number of fused-ring (bicyclic) bond motifs is 1. The van der Waals surface area contributed by atoms with Gasteiger partial charge in [-0.3, -0.25) is 9.98 Å². The van der Waals surface area contributed by atoms with Gasteiger partial charge >= 0.3 is 0 Å². The molecule has 0 saturated heterocycles. The van der Waals surface area contributed by atoms with Crippen LogP contribution in [0.4, 0.5) is 5.82 Å². The van der Waals surface area contributed by atoms with E-state index in [1.807, 2.05) is 18.2 Å². The van der Waals surface area contributed by atoms with Crippen molar-refractivity contribution in [3.05, 3.63) is 89.2 Å². The Morgan fingerprint density at radius 2 is 1.82 bits per heavy atom. The highest BCUT2D eigenvalue weighted by Crippen LogP contribution is 2.27. The largest absolute Gasteiger partial charge is 0.383 e. The molecule has 0 aliphatic heterocycles. The van der Waals surface area contributed by atoms with Gasteiger partial charge in [-0.2, -0.15) is 0 Å². The minimum Gasteiger partial charge on any atom is -0.383 e. The van der Waals surface area contributed by atoms with Crippen LogP contribution in [0.15, 0.2) is 65.6 Å². The lowest BCUT2D eigenvalue weighted by Gasteiger charge is -2.16. The van der Waals surface area contributed by atoms with Crippen LogP contribution in [0, 0.1) is 13.8 Å². The minimum atomic E-state index is 0.485. The van der Waals surface area contributed by atoms with Gasteiger partial charge in [0, 0.05) is 37.4 Å². The number of benzene rings is 1. The second-order valence-corrected chi connectivity index (χ2v) is 7.80. The fourth-order valence-corrected chi connectivity index (χ4v) is 3.81. The van der Waals surface area contributed by atoms with E-state index >= 15 is 0 Å². The summed E-state index contributed by atoms with van der Waals surface area (Å²) in [4.78, 5) is 17.1. The number of amidine groups is 1. The van der Waals surface area contributed by atoms with Gasteiger partial charge in [0.15, 0.2) is 0 Å². The number of nitrogens with one attached hydrogen (secondary N) is 2. The normalized spacial score (nSPS) is 11.9. The Kier molecular flexibility index (Phi) is 7.92. The third-order valence-corrected chi connectivity index (χ3v) is 5.76. The first kappa shape index (κ1) is 24.4. The molecule has 0 atom stereocenters. The number of nitrogen functional groups attached to an aromatic ring is 1. The predicted octanol–water partition coefficient (Wildman–Crippen LogP) is 4.56. The first-order valence-corrected chi connectivity index (χ1v) is 10.9. The highest BCUT2D eigenvalue weighted by molar-refractivity contribution is 5.95. The fraction of sp³-hybridized carbons (Fsp3) is 0.185. The van der Waals surface area contributed by atoms with Crippen LogP contribution in [0.5, 0.6) is 0 Å². The molecule has 34 heavy (non-hydrogen) atoms. The molecule has 0 aliphatic rings. The van der Waals surface area contributed by atoms with Crippen LogP contribution >= 0.6 is 0 Å². The van der Waals surface area contributed by atoms with Gasteiger partial charge in [-0.25, -0.2) is 9.98 Å². The number of pyridine rings is 2. The summed E-state index contributed by atoms with van der Waals surface area (Å²) in [7, 11) is 1.73. The lowest BCUT2D eigenvalue weighted by atomic mass is 9.96. The van der Waals surface area contributed by atoms with E-state index in [-0.39, 0.29) is 0 Å². The predicted molar refractivity (Wildman–Crippen MR) is 145 cm³/mol. The Hall–Kier alpha value is -4.26. The second-order valence-electron chi connectivity index (χ2n) is 7.80. The Morgan fingerprint density at radius 1 is 1.06 bits per heavy atom. The van der Waals surface area contributed by atoms with Crippen LogP contribution in [0.3, 0.4) is 0 Å². The Balaban J connectivity index is 1.74. The highest BCUT2D eigenvalue weighted by Gasteiger charge is 2.11. The van der Waals surface area contributed by atoms with Gasteiger partial charge in [0.1, 0.15) is 17.5 Å². The van der Waals surface area contributed by atoms with Gasteiger partial charge in [-0.05, 0) is 72.0 Å². The molecule has 0 amide bonds. The molecule has 0 aliphatic carbocycles. The highest BCUT2D eigenvalue weighted by atomic mass is 15.0. The molecular formula is C27H31N7. The van der Waals surface area contributed by atoms with E-state index in [9.17, 15) is 0 Å². The first-order valence-electron chi connectivity index (χ1n) is 10.9. The SMILES string of the molecule is C=Cc1cnc(CN/C(=C/C(=NC)NCc2c(C)cc3c(N)nccc3c2C)N=C)cc1C=C. The summed E-state index contributed by atoms with van der Waals surface area (Å²) in [5.41, 5.74) is 12.4. The molecule has 2 aromatic heterocycles. The van der Waals surface area contributed by atoms with Crippen LogP contribution in [0.2, 0.25) is 0 Å². The third-order valence-electron chi connectivity index (χ3n) is 5.76. The van der Waals surface area contributed by atoms with Crippen molar-refractivity contribution in [3.8, 4) is 0 Å². The van der Waals surface area contributed by atoms with Crippen molar-refractivity contribution < 1.29 is 0 Å². The van der Waals surface area contributed by atoms with Crippen molar-refractivity contribution in [2.24, 2.45) is 9.98 Å². The summed E-state index contributed by atoms with van der Waals surface area (Å²) in [5.74, 6) is 1.82. The van der Waals surface area contributed by atoms with Gasteiger partial charge in [0.05, 0.1) is 12.2 Å². The van der Waals surface area contributed by atoms with Gasteiger partial charge in [0.2, 0.25) is 0 Å². The Morgan fingerprint density at radius 3 is 2.50 bits per heavy atom. The molecule has 0 fully saturated rings. The van der Waals surface area contributed by atoms with Crippen molar-refractivity contribution in [2.75, 3.05) is 12.8 Å². The van der Waals surface area contributed by atoms with Gasteiger partial charge in [0.25, 0.3) is 0 Å². The maximum Gasteiger partial charge on any atom is 0.131 e. The summed E-state index contributed by atoms with van der Waals surface area (Å²) >= 11 is 0. The zero-order chi connectivity index (χ0) is 24.7. The van der Waals surface area contributed by atoms with E-state index in [1.54, 1.807) is 31.6 Å². The van der Waals surface area contributed by atoms with Crippen LogP contribution < -0.4 is 16.4 Å². The molecule has 7 nitrogen and oxygen atoms in total. The monoisotopic (exact) mass is 453 g/mol. The van der Waals surface area contributed by atoms with Crippen molar-refractivity contribution in [2.45, 2.75) is 26.9 Å². The summed E-state index contributed by atoms with van der Waals surface area (Å²) in [5, 5.41) is 8.74. The number of nitrogens with two attached hydrogens (primary N) is 1. The smallest absolute Gasteiger partial charge is 0.131 e. The molecule has 0 radical (unpaired) electrons. The number of hydrogen-bond acceptors (Lipinski definition) is 6. The van der Waals surface area contributed by atoms with E-state index in [0.29, 0.717) is 30.6 Å². The molecular weight excluding hydrogens is 422 g/mol. The Labute approximate surface area is 201 Å². The number of nitrogens with zero attached hydrogens (tertiary/aromatic N) is 4. The van der Waals surface area contributed by atoms with E-state index in [4.69, 9.17) is 5.73 Å². The molecule has 2 heterocycles. The minimum absolute atomic E-state index is 0.485. The molecule has 0 spiro atoms. The summed E-state index contributed by atoms with van der Waals surface area (Å²) in [6, 6.07) is 6.05.